The zero-order valence-corrected chi connectivity index (χ0v) is 16.6. The summed E-state index contributed by atoms with van der Waals surface area (Å²) in [6.07, 6.45) is 1.78. The molecule has 0 bridgehead atoms. The van der Waals surface area contributed by atoms with E-state index in [0.29, 0.717) is 18.1 Å². The molecule has 0 fully saturated rings. The van der Waals surface area contributed by atoms with Crippen LogP contribution in [0.5, 0.6) is 11.5 Å². The molecule has 1 amide bonds. The Morgan fingerprint density at radius 3 is 2.89 bits per heavy atom. The molecule has 0 saturated heterocycles. The van der Waals surface area contributed by atoms with Crippen LogP contribution in [-0.4, -0.2) is 24.2 Å². The standard InChI is InChI=1S/C19H19N3O3S2/c1-13-12-27-19(21-13)9-18(23)22-20-10-14-5-6-16(17(8-14)24-2)25-11-15-4-3-7-26-15/h3-8,10,12H,9,11H2,1-2H3,(H,22,23)/b20-10-. The van der Waals surface area contributed by atoms with Crippen molar-refractivity contribution in [3.05, 3.63) is 62.2 Å². The lowest BCUT2D eigenvalue weighted by molar-refractivity contribution is -0.120. The van der Waals surface area contributed by atoms with Crippen LogP contribution in [0.25, 0.3) is 0 Å². The lowest BCUT2D eigenvalue weighted by atomic mass is 10.2. The van der Waals surface area contributed by atoms with Crippen molar-refractivity contribution in [1.82, 2.24) is 10.4 Å². The molecule has 140 valence electrons. The monoisotopic (exact) mass is 401 g/mol. The van der Waals surface area contributed by atoms with Gasteiger partial charge in [-0.05, 0) is 42.1 Å². The van der Waals surface area contributed by atoms with Crippen LogP contribution in [0.15, 0.2) is 46.2 Å². The van der Waals surface area contributed by atoms with Crippen molar-refractivity contribution in [2.24, 2.45) is 5.10 Å². The Balaban J connectivity index is 1.56. The summed E-state index contributed by atoms with van der Waals surface area (Å²) in [5.41, 5.74) is 4.22. The van der Waals surface area contributed by atoms with Crippen molar-refractivity contribution in [1.29, 1.82) is 0 Å². The number of thiophene rings is 1. The van der Waals surface area contributed by atoms with Crippen LogP contribution in [0.3, 0.4) is 0 Å². The number of thiazole rings is 1. The number of methoxy groups -OCH3 is 1. The number of aryl methyl sites for hydroxylation is 1. The zero-order chi connectivity index (χ0) is 19.1. The normalized spacial score (nSPS) is 10.9. The number of hydrazone groups is 1. The van der Waals surface area contributed by atoms with Crippen molar-refractivity contribution >= 4 is 34.8 Å². The van der Waals surface area contributed by atoms with Crippen LogP contribution in [0.4, 0.5) is 0 Å². The molecule has 0 aliphatic rings. The number of nitrogens with zero attached hydrogens (tertiary/aromatic N) is 2. The summed E-state index contributed by atoms with van der Waals surface area (Å²) in [5, 5.41) is 8.70. The molecule has 1 aromatic carbocycles. The number of rotatable bonds is 8. The molecule has 0 atom stereocenters. The largest absolute Gasteiger partial charge is 0.493 e. The van der Waals surface area contributed by atoms with Gasteiger partial charge in [-0.2, -0.15) is 5.10 Å². The molecule has 0 saturated carbocycles. The molecule has 1 N–H and O–H groups in total. The summed E-state index contributed by atoms with van der Waals surface area (Å²) in [5.74, 6) is 1.06. The molecule has 3 rings (SSSR count). The van der Waals surface area contributed by atoms with Crippen molar-refractivity contribution in [2.75, 3.05) is 7.11 Å². The van der Waals surface area contributed by atoms with Crippen molar-refractivity contribution in [2.45, 2.75) is 20.0 Å². The predicted octanol–water partition coefficient (Wildman–Crippen LogP) is 3.79. The van der Waals surface area contributed by atoms with Gasteiger partial charge in [0, 0.05) is 16.0 Å². The molecule has 0 unspecified atom stereocenters. The highest BCUT2D eigenvalue weighted by Gasteiger charge is 2.07. The Labute approximate surface area is 165 Å². The third-order valence-electron chi connectivity index (χ3n) is 3.52. The van der Waals surface area contributed by atoms with Gasteiger partial charge in [0.1, 0.15) is 11.6 Å². The van der Waals surface area contributed by atoms with Crippen LogP contribution < -0.4 is 14.9 Å². The van der Waals surface area contributed by atoms with E-state index in [0.717, 1.165) is 21.1 Å². The minimum absolute atomic E-state index is 0.205. The van der Waals surface area contributed by atoms with Gasteiger partial charge in [0.15, 0.2) is 11.5 Å². The molecule has 0 radical (unpaired) electrons. The van der Waals surface area contributed by atoms with Crippen LogP contribution in [0.2, 0.25) is 0 Å². The molecular weight excluding hydrogens is 382 g/mol. The van der Waals surface area contributed by atoms with Gasteiger partial charge in [-0.3, -0.25) is 4.79 Å². The third-order valence-corrected chi connectivity index (χ3v) is 5.34. The Kier molecular flexibility index (Phi) is 6.56. The minimum atomic E-state index is -0.205. The number of aromatic nitrogens is 1. The topological polar surface area (TPSA) is 72.8 Å². The first-order valence-electron chi connectivity index (χ1n) is 8.20. The summed E-state index contributed by atoms with van der Waals surface area (Å²) in [6, 6.07) is 9.50. The SMILES string of the molecule is COc1cc(/C=N\NC(=O)Cc2nc(C)cs2)ccc1OCc1cccs1. The second kappa shape index (κ2) is 9.29. The highest BCUT2D eigenvalue weighted by Crippen LogP contribution is 2.28. The molecule has 27 heavy (non-hydrogen) atoms. The molecule has 0 aliphatic carbocycles. The molecule has 2 heterocycles. The van der Waals surface area contributed by atoms with E-state index in [9.17, 15) is 4.79 Å². The minimum Gasteiger partial charge on any atom is -0.493 e. The van der Waals surface area contributed by atoms with E-state index in [1.165, 1.54) is 11.3 Å². The van der Waals surface area contributed by atoms with E-state index in [4.69, 9.17) is 9.47 Å². The summed E-state index contributed by atoms with van der Waals surface area (Å²) in [4.78, 5) is 17.3. The van der Waals surface area contributed by atoms with Crippen LogP contribution in [0.1, 0.15) is 21.1 Å². The number of carbonyl (C=O) groups is 1. The fourth-order valence-electron chi connectivity index (χ4n) is 2.27. The summed E-state index contributed by atoms with van der Waals surface area (Å²) < 4.78 is 11.2. The van der Waals surface area contributed by atoms with Gasteiger partial charge in [0.25, 0.3) is 0 Å². The quantitative estimate of drug-likeness (QED) is 0.460. The number of hydrogen-bond donors (Lipinski definition) is 1. The van der Waals surface area contributed by atoms with Gasteiger partial charge in [-0.15, -0.1) is 22.7 Å². The van der Waals surface area contributed by atoms with Crippen molar-refractivity contribution in [3.63, 3.8) is 0 Å². The Hall–Kier alpha value is -2.71. The van der Waals surface area contributed by atoms with Gasteiger partial charge in [0.2, 0.25) is 5.91 Å². The second-order valence-corrected chi connectivity index (χ2v) is 7.61. The lowest BCUT2D eigenvalue weighted by Crippen LogP contribution is -2.19. The smallest absolute Gasteiger partial charge is 0.246 e. The predicted molar refractivity (Wildman–Crippen MR) is 108 cm³/mol. The highest BCUT2D eigenvalue weighted by molar-refractivity contribution is 7.10. The zero-order valence-electron chi connectivity index (χ0n) is 15.0. The second-order valence-electron chi connectivity index (χ2n) is 5.63. The number of benzene rings is 1. The van der Waals surface area contributed by atoms with E-state index >= 15 is 0 Å². The summed E-state index contributed by atoms with van der Waals surface area (Å²) in [7, 11) is 1.59. The molecule has 2 aromatic heterocycles. The van der Waals surface area contributed by atoms with Crippen molar-refractivity contribution in [3.8, 4) is 11.5 Å². The van der Waals surface area contributed by atoms with Gasteiger partial charge in [0.05, 0.1) is 19.7 Å². The fraction of sp³-hybridized carbons (Fsp3) is 0.211. The maximum absolute atomic E-state index is 11.9. The maximum Gasteiger partial charge on any atom is 0.246 e. The van der Waals surface area contributed by atoms with Crippen LogP contribution >= 0.6 is 22.7 Å². The van der Waals surface area contributed by atoms with E-state index in [1.54, 1.807) is 24.7 Å². The van der Waals surface area contributed by atoms with E-state index in [1.807, 2.05) is 48.0 Å². The van der Waals surface area contributed by atoms with Gasteiger partial charge in [-0.25, -0.2) is 10.4 Å². The molecule has 8 heteroatoms. The first kappa shape index (κ1) is 19.1. The number of amides is 1. The number of ether oxygens (including phenoxy) is 2. The molecular formula is C19H19N3O3S2. The first-order valence-corrected chi connectivity index (χ1v) is 9.96. The third kappa shape index (κ3) is 5.63. The van der Waals surface area contributed by atoms with Crippen LogP contribution in [0, 0.1) is 6.92 Å². The van der Waals surface area contributed by atoms with E-state index < -0.39 is 0 Å². The van der Waals surface area contributed by atoms with Crippen molar-refractivity contribution < 1.29 is 14.3 Å². The molecule has 6 nitrogen and oxygen atoms in total. The average Bonchev–Trinajstić information content (AvgIpc) is 3.32. The fourth-order valence-corrected chi connectivity index (χ4v) is 3.65. The summed E-state index contributed by atoms with van der Waals surface area (Å²) in [6.45, 7) is 2.39. The average molecular weight is 402 g/mol. The molecule has 0 spiro atoms. The number of carbonyl (C=O) groups excluding carboxylic acids is 1. The van der Waals surface area contributed by atoms with Crippen LogP contribution in [-0.2, 0) is 17.8 Å². The van der Waals surface area contributed by atoms with Gasteiger partial charge >= 0.3 is 0 Å². The Morgan fingerprint density at radius 1 is 1.30 bits per heavy atom. The first-order chi connectivity index (χ1) is 13.1. The number of hydrogen-bond acceptors (Lipinski definition) is 7. The Bertz CT molecular complexity index is 920. The van der Waals surface area contributed by atoms with Gasteiger partial charge < -0.3 is 9.47 Å². The molecule has 0 aliphatic heterocycles. The molecule has 3 aromatic rings. The van der Waals surface area contributed by atoms with E-state index in [-0.39, 0.29) is 12.3 Å². The number of nitrogens with one attached hydrogen (secondary N) is 1. The van der Waals surface area contributed by atoms with Gasteiger partial charge in [-0.1, -0.05) is 6.07 Å². The maximum atomic E-state index is 11.9. The van der Waals surface area contributed by atoms with E-state index in [2.05, 4.69) is 15.5 Å². The lowest BCUT2D eigenvalue weighted by Gasteiger charge is -2.10. The highest BCUT2D eigenvalue weighted by atomic mass is 32.1. The Morgan fingerprint density at radius 2 is 2.19 bits per heavy atom. The summed E-state index contributed by atoms with van der Waals surface area (Å²) >= 11 is 3.11.